The molecule has 3 rings (SSSR count). The van der Waals surface area contributed by atoms with Gasteiger partial charge in [-0.1, -0.05) is 34.1 Å². The van der Waals surface area contributed by atoms with Crippen LogP contribution < -0.4 is 9.64 Å². The van der Waals surface area contributed by atoms with Gasteiger partial charge in [0.05, 0.1) is 0 Å². The van der Waals surface area contributed by atoms with Crippen LogP contribution in [0.15, 0.2) is 40.9 Å². The number of anilines is 1. The van der Waals surface area contributed by atoms with Crippen molar-refractivity contribution in [3.63, 3.8) is 0 Å². The Hall–Kier alpha value is -1.81. The van der Waals surface area contributed by atoms with E-state index >= 15 is 0 Å². The zero-order valence-electron chi connectivity index (χ0n) is 12.7. The zero-order valence-corrected chi connectivity index (χ0v) is 14.3. The minimum Gasteiger partial charge on any atom is -0.483 e. The molecule has 2 aromatic rings. The average molecular weight is 360 g/mol. The van der Waals surface area contributed by atoms with Gasteiger partial charge < -0.3 is 9.64 Å². The van der Waals surface area contributed by atoms with Gasteiger partial charge in [0, 0.05) is 16.7 Å². The first kappa shape index (κ1) is 15.1. The van der Waals surface area contributed by atoms with E-state index in [-0.39, 0.29) is 12.5 Å². The van der Waals surface area contributed by atoms with E-state index in [1.165, 1.54) is 5.56 Å². The van der Waals surface area contributed by atoms with E-state index in [0.29, 0.717) is 0 Å². The highest BCUT2D eigenvalue weighted by Gasteiger charge is 2.24. The van der Waals surface area contributed by atoms with Crippen LogP contribution in [0.2, 0.25) is 0 Å². The topological polar surface area (TPSA) is 29.5 Å². The van der Waals surface area contributed by atoms with E-state index in [2.05, 4.69) is 22.0 Å². The summed E-state index contributed by atoms with van der Waals surface area (Å²) in [4.78, 5) is 14.3. The second kappa shape index (κ2) is 6.13. The van der Waals surface area contributed by atoms with Gasteiger partial charge in [0.15, 0.2) is 6.61 Å². The van der Waals surface area contributed by atoms with Crippen molar-refractivity contribution >= 4 is 27.5 Å². The minimum atomic E-state index is 0.00456. The van der Waals surface area contributed by atoms with Gasteiger partial charge in [-0.2, -0.15) is 0 Å². The Labute approximate surface area is 139 Å². The molecule has 0 aliphatic carbocycles. The van der Waals surface area contributed by atoms with Gasteiger partial charge in [-0.05, 0) is 55.2 Å². The van der Waals surface area contributed by atoms with Crippen molar-refractivity contribution in [1.29, 1.82) is 0 Å². The molecule has 4 heteroatoms. The Morgan fingerprint density at radius 1 is 1.23 bits per heavy atom. The molecule has 1 aliphatic heterocycles. The molecular weight excluding hydrogens is 342 g/mol. The standard InChI is InChI=1S/C18H18BrNO2/c1-12-10-17(13(2)9-15(12)19)22-11-18(21)20-8-7-14-5-3-4-6-16(14)20/h3-6,9-10H,7-8,11H2,1-2H3. The summed E-state index contributed by atoms with van der Waals surface area (Å²) >= 11 is 3.50. The summed E-state index contributed by atoms with van der Waals surface area (Å²) < 4.78 is 6.80. The smallest absolute Gasteiger partial charge is 0.264 e. The van der Waals surface area contributed by atoms with Crippen molar-refractivity contribution in [2.24, 2.45) is 0 Å². The third-order valence-electron chi connectivity index (χ3n) is 4.00. The van der Waals surface area contributed by atoms with Crippen LogP contribution in [-0.2, 0) is 11.2 Å². The van der Waals surface area contributed by atoms with Crippen molar-refractivity contribution in [2.45, 2.75) is 20.3 Å². The van der Waals surface area contributed by atoms with Crippen molar-refractivity contribution in [3.05, 3.63) is 57.6 Å². The number of hydrogen-bond donors (Lipinski definition) is 0. The highest BCUT2D eigenvalue weighted by atomic mass is 79.9. The molecule has 1 aliphatic rings. The molecule has 0 saturated heterocycles. The fraction of sp³-hybridized carbons (Fsp3) is 0.278. The first-order chi connectivity index (χ1) is 10.6. The van der Waals surface area contributed by atoms with Gasteiger partial charge in [-0.3, -0.25) is 4.79 Å². The molecule has 114 valence electrons. The van der Waals surface area contributed by atoms with Crippen molar-refractivity contribution < 1.29 is 9.53 Å². The summed E-state index contributed by atoms with van der Waals surface area (Å²) in [5.74, 6) is 0.770. The van der Waals surface area contributed by atoms with Crippen LogP contribution in [0.5, 0.6) is 5.75 Å². The number of aryl methyl sites for hydroxylation is 2. The highest BCUT2D eigenvalue weighted by molar-refractivity contribution is 9.10. The number of rotatable bonds is 3. The maximum atomic E-state index is 12.4. The molecule has 0 aromatic heterocycles. The summed E-state index contributed by atoms with van der Waals surface area (Å²) in [6.07, 6.45) is 0.915. The Bertz CT molecular complexity index is 727. The van der Waals surface area contributed by atoms with Crippen LogP contribution >= 0.6 is 15.9 Å². The number of hydrogen-bond acceptors (Lipinski definition) is 2. The largest absolute Gasteiger partial charge is 0.483 e. The maximum Gasteiger partial charge on any atom is 0.264 e. The van der Waals surface area contributed by atoms with Crippen LogP contribution in [0.4, 0.5) is 5.69 Å². The minimum absolute atomic E-state index is 0.00456. The number of ether oxygens (including phenoxy) is 1. The zero-order chi connectivity index (χ0) is 15.7. The van der Waals surface area contributed by atoms with Gasteiger partial charge in [0.25, 0.3) is 5.91 Å². The fourth-order valence-electron chi connectivity index (χ4n) is 2.72. The van der Waals surface area contributed by atoms with Gasteiger partial charge in [-0.25, -0.2) is 0 Å². The lowest BCUT2D eigenvalue weighted by atomic mass is 10.1. The normalized spacial score (nSPS) is 13.1. The second-order valence-corrected chi connectivity index (χ2v) is 6.43. The maximum absolute atomic E-state index is 12.4. The Morgan fingerprint density at radius 2 is 2.00 bits per heavy atom. The molecule has 3 nitrogen and oxygen atoms in total. The number of para-hydroxylation sites is 1. The van der Waals surface area contributed by atoms with Crippen LogP contribution in [0.25, 0.3) is 0 Å². The van der Waals surface area contributed by atoms with Crippen LogP contribution in [0.3, 0.4) is 0 Å². The molecule has 0 radical (unpaired) electrons. The highest BCUT2D eigenvalue weighted by Crippen LogP contribution is 2.29. The number of benzene rings is 2. The number of carbonyl (C=O) groups excluding carboxylic acids is 1. The van der Waals surface area contributed by atoms with Crippen LogP contribution in [0.1, 0.15) is 16.7 Å². The molecule has 0 N–H and O–H groups in total. The summed E-state index contributed by atoms with van der Waals surface area (Å²) in [6, 6.07) is 12.0. The van der Waals surface area contributed by atoms with Crippen molar-refractivity contribution in [3.8, 4) is 5.75 Å². The van der Waals surface area contributed by atoms with Crippen LogP contribution in [0, 0.1) is 13.8 Å². The third kappa shape index (κ3) is 2.88. The molecule has 1 amide bonds. The molecule has 0 saturated carbocycles. The van der Waals surface area contributed by atoms with Crippen molar-refractivity contribution in [1.82, 2.24) is 0 Å². The number of carbonyl (C=O) groups is 1. The van der Waals surface area contributed by atoms with Gasteiger partial charge in [-0.15, -0.1) is 0 Å². The first-order valence-electron chi connectivity index (χ1n) is 7.34. The van der Waals surface area contributed by atoms with E-state index in [4.69, 9.17) is 4.74 Å². The number of fused-ring (bicyclic) bond motifs is 1. The average Bonchev–Trinajstić information content (AvgIpc) is 2.93. The molecule has 0 atom stereocenters. The molecule has 0 bridgehead atoms. The van der Waals surface area contributed by atoms with Gasteiger partial charge >= 0.3 is 0 Å². The van der Waals surface area contributed by atoms with E-state index in [9.17, 15) is 4.79 Å². The van der Waals surface area contributed by atoms with E-state index in [1.54, 1.807) is 0 Å². The molecule has 0 spiro atoms. The summed E-state index contributed by atoms with van der Waals surface area (Å²) in [7, 11) is 0. The van der Waals surface area contributed by atoms with E-state index < -0.39 is 0 Å². The van der Waals surface area contributed by atoms with Crippen LogP contribution in [-0.4, -0.2) is 19.1 Å². The number of nitrogens with zero attached hydrogens (tertiary/aromatic N) is 1. The van der Waals surface area contributed by atoms with E-state index in [1.807, 2.05) is 49.1 Å². The second-order valence-electron chi connectivity index (χ2n) is 5.58. The SMILES string of the molecule is Cc1cc(OCC(=O)N2CCc3ccccc32)c(C)cc1Br. The molecule has 2 aromatic carbocycles. The quantitative estimate of drug-likeness (QED) is 0.827. The summed E-state index contributed by atoms with van der Waals surface area (Å²) in [5, 5.41) is 0. The molecule has 0 fully saturated rings. The lowest BCUT2D eigenvalue weighted by molar-refractivity contribution is -0.120. The third-order valence-corrected chi connectivity index (χ3v) is 4.85. The monoisotopic (exact) mass is 359 g/mol. The van der Waals surface area contributed by atoms with E-state index in [0.717, 1.165) is 40.0 Å². The summed E-state index contributed by atoms with van der Waals surface area (Å²) in [6.45, 7) is 4.79. The first-order valence-corrected chi connectivity index (χ1v) is 8.13. The van der Waals surface area contributed by atoms with Gasteiger partial charge in [0.1, 0.15) is 5.75 Å². The lowest BCUT2D eigenvalue weighted by Gasteiger charge is -2.18. The summed E-state index contributed by atoms with van der Waals surface area (Å²) in [5.41, 5.74) is 4.36. The Kier molecular flexibility index (Phi) is 4.21. The lowest BCUT2D eigenvalue weighted by Crippen LogP contribution is -2.33. The van der Waals surface area contributed by atoms with Crippen molar-refractivity contribution in [2.75, 3.05) is 18.1 Å². The molecule has 22 heavy (non-hydrogen) atoms. The molecule has 1 heterocycles. The fourth-order valence-corrected chi connectivity index (χ4v) is 3.18. The van der Waals surface area contributed by atoms with Gasteiger partial charge in [0.2, 0.25) is 0 Å². The Morgan fingerprint density at radius 3 is 2.82 bits per heavy atom. The molecule has 0 unspecified atom stereocenters. The number of halogens is 1. The predicted molar refractivity (Wildman–Crippen MR) is 91.6 cm³/mol. The molecular formula is C18H18BrNO2. The predicted octanol–water partition coefficient (Wildman–Crippen LogP) is 4.03. The number of amides is 1. The Balaban J connectivity index is 1.70.